The van der Waals surface area contributed by atoms with Crippen LogP contribution in [-0.4, -0.2) is 32.4 Å². The zero-order chi connectivity index (χ0) is 19.9. The number of pyridine rings is 1. The molecule has 0 saturated heterocycles. The number of aromatic nitrogens is 3. The van der Waals surface area contributed by atoms with Gasteiger partial charge in [0.2, 0.25) is 0 Å². The number of benzene rings is 1. The van der Waals surface area contributed by atoms with E-state index in [9.17, 15) is 4.79 Å². The van der Waals surface area contributed by atoms with Gasteiger partial charge >= 0.3 is 5.97 Å². The number of carboxylic acid groups (broad SMARTS) is 1. The van der Waals surface area contributed by atoms with E-state index in [1.165, 1.54) is 5.56 Å². The molecule has 1 N–H and O–H groups in total. The van der Waals surface area contributed by atoms with Crippen molar-refractivity contribution in [3.05, 3.63) is 71.7 Å². The van der Waals surface area contributed by atoms with Gasteiger partial charge < -0.3 is 9.84 Å². The van der Waals surface area contributed by atoms with E-state index in [0.717, 1.165) is 24.4 Å². The molecule has 2 heterocycles. The Kier molecular flexibility index (Phi) is 6.42. The highest BCUT2D eigenvalue weighted by molar-refractivity contribution is 5.71. The summed E-state index contributed by atoms with van der Waals surface area (Å²) in [6.07, 6.45) is 5.41. The first-order valence-electron chi connectivity index (χ1n) is 9.47. The van der Waals surface area contributed by atoms with Gasteiger partial charge in [-0.25, -0.2) is 9.67 Å². The molecule has 0 radical (unpaired) electrons. The van der Waals surface area contributed by atoms with Gasteiger partial charge in [0.1, 0.15) is 5.75 Å². The van der Waals surface area contributed by atoms with Gasteiger partial charge in [-0.15, -0.1) is 0 Å². The predicted octanol–water partition coefficient (Wildman–Crippen LogP) is 4.03. The van der Waals surface area contributed by atoms with Crippen LogP contribution in [0.5, 0.6) is 5.75 Å². The molecule has 0 unspecified atom stereocenters. The highest BCUT2D eigenvalue weighted by Crippen LogP contribution is 2.22. The van der Waals surface area contributed by atoms with Crippen molar-refractivity contribution in [3.8, 4) is 11.6 Å². The van der Waals surface area contributed by atoms with E-state index in [1.54, 1.807) is 12.3 Å². The fourth-order valence-electron chi connectivity index (χ4n) is 3.11. The van der Waals surface area contributed by atoms with Crippen molar-refractivity contribution < 1.29 is 14.6 Å². The maximum Gasteiger partial charge on any atom is 0.307 e. The molecule has 1 aromatic carbocycles. The smallest absolute Gasteiger partial charge is 0.307 e. The Hall–Kier alpha value is -3.15. The monoisotopic (exact) mass is 379 g/mol. The molecule has 146 valence electrons. The molecule has 0 aliphatic heterocycles. The molecule has 0 saturated carbocycles. The lowest BCUT2D eigenvalue weighted by Crippen LogP contribution is -2.06. The number of para-hydroxylation sites is 1. The van der Waals surface area contributed by atoms with Crippen LogP contribution in [0.1, 0.15) is 43.0 Å². The van der Waals surface area contributed by atoms with Gasteiger partial charge in [-0.3, -0.25) is 4.79 Å². The molecule has 2 aromatic heterocycles. The Bertz CT molecular complexity index is 920. The second kappa shape index (κ2) is 9.17. The second-order valence-electron chi connectivity index (χ2n) is 6.96. The second-order valence-corrected chi connectivity index (χ2v) is 6.96. The van der Waals surface area contributed by atoms with Crippen molar-refractivity contribution in [1.82, 2.24) is 14.8 Å². The van der Waals surface area contributed by atoms with Gasteiger partial charge in [-0.05, 0) is 42.5 Å². The Labute approximate surface area is 164 Å². The van der Waals surface area contributed by atoms with Crippen molar-refractivity contribution in [2.24, 2.45) is 0 Å². The van der Waals surface area contributed by atoms with Crippen LogP contribution >= 0.6 is 0 Å². The fraction of sp³-hybridized carbons (Fsp3) is 0.318. The van der Waals surface area contributed by atoms with E-state index in [4.69, 9.17) is 14.9 Å². The first-order valence-corrected chi connectivity index (χ1v) is 9.47. The summed E-state index contributed by atoms with van der Waals surface area (Å²) in [5.74, 6) is 0.893. The number of aryl methyl sites for hydroxylation is 1. The van der Waals surface area contributed by atoms with Gasteiger partial charge in [0.05, 0.1) is 18.7 Å². The van der Waals surface area contributed by atoms with Crippen molar-refractivity contribution in [1.29, 1.82) is 0 Å². The summed E-state index contributed by atoms with van der Waals surface area (Å²) >= 11 is 0. The van der Waals surface area contributed by atoms with Gasteiger partial charge in [0.25, 0.3) is 0 Å². The van der Waals surface area contributed by atoms with Crippen LogP contribution in [0.3, 0.4) is 0 Å². The fourth-order valence-corrected chi connectivity index (χ4v) is 3.11. The van der Waals surface area contributed by atoms with Crippen LogP contribution in [0.25, 0.3) is 5.82 Å². The van der Waals surface area contributed by atoms with Crippen LogP contribution in [0.2, 0.25) is 0 Å². The maximum absolute atomic E-state index is 11.0. The average Bonchev–Trinajstić information content (AvgIpc) is 3.11. The third-order valence-electron chi connectivity index (χ3n) is 4.42. The van der Waals surface area contributed by atoms with E-state index in [0.29, 0.717) is 23.8 Å². The first-order chi connectivity index (χ1) is 13.5. The molecule has 0 aliphatic carbocycles. The number of carbonyl (C=O) groups is 1. The summed E-state index contributed by atoms with van der Waals surface area (Å²) < 4.78 is 7.68. The number of rotatable bonds is 9. The third-order valence-corrected chi connectivity index (χ3v) is 4.42. The Morgan fingerprint density at radius 2 is 1.93 bits per heavy atom. The van der Waals surface area contributed by atoms with Crippen LogP contribution in [0.15, 0.2) is 54.9 Å². The Morgan fingerprint density at radius 1 is 1.14 bits per heavy atom. The molecule has 28 heavy (non-hydrogen) atoms. The summed E-state index contributed by atoms with van der Waals surface area (Å²) in [6.45, 7) is 4.78. The van der Waals surface area contributed by atoms with Crippen molar-refractivity contribution in [2.45, 2.75) is 39.0 Å². The normalized spacial score (nSPS) is 11.0. The van der Waals surface area contributed by atoms with Crippen molar-refractivity contribution in [3.63, 3.8) is 0 Å². The van der Waals surface area contributed by atoms with Crippen LogP contribution in [0.4, 0.5) is 0 Å². The number of carboxylic acids is 1. The van der Waals surface area contributed by atoms with Crippen molar-refractivity contribution in [2.75, 3.05) is 6.61 Å². The Balaban J connectivity index is 1.64. The van der Waals surface area contributed by atoms with Gasteiger partial charge in [-0.2, -0.15) is 5.10 Å². The number of hydrogen-bond donors (Lipinski definition) is 1. The molecule has 3 rings (SSSR count). The van der Waals surface area contributed by atoms with Gasteiger partial charge in [0, 0.05) is 18.0 Å². The quantitative estimate of drug-likeness (QED) is 0.568. The molecule has 0 amide bonds. The average molecular weight is 379 g/mol. The minimum atomic E-state index is -0.862. The number of aliphatic carboxylic acids is 1. The zero-order valence-electron chi connectivity index (χ0n) is 16.2. The van der Waals surface area contributed by atoms with Crippen LogP contribution in [0, 0.1) is 0 Å². The molecule has 6 heteroatoms. The highest BCUT2D eigenvalue weighted by atomic mass is 16.5. The molecule has 6 nitrogen and oxygen atoms in total. The van der Waals surface area contributed by atoms with Gasteiger partial charge in [0.15, 0.2) is 5.82 Å². The summed E-state index contributed by atoms with van der Waals surface area (Å²) in [4.78, 5) is 15.3. The SMILES string of the molecule is CC(C)c1nn(-c2ccccn2)cc1CCCOc1ccccc1CC(=O)O. The molecular weight excluding hydrogens is 354 g/mol. The lowest BCUT2D eigenvalue weighted by Gasteiger charge is -2.10. The molecule has 0 aliphatic rings. The summed E-state index contributed by atoms with van der Waals surface area (Å²) in [7, 11) is 0. The molecule has 0 fully saturated rings. The number of ether oxygens (including phenoxy) is 1. The molecule has 0 atom stereocenters. The maximum atomic E-state index is 11.0. The first kappa shape index (κ1) is 19.6. The van der Waals surface area contributed by atoms with Crippen LogP contribution < -0.4 is 4.74 Å². The lowest BCUT2D eigenvalue weighted by molar-refractivity contribution is -0.136. The van der Waals surface area contributed by atoms with Crippen LogP contribution in [-0.2, 0) is 17.6 Å². The standard InChI is InChI=1S/C22H25N3O3/c1-16(2)22-18(15-25(24-22)20-11-5-6-12-23-20)9-7-13-28-19-10-4-3-8-17(19)14-21(26)27/h3-6,8,10-12,15-16H,7,9,13-14H2,1-2H3,(H,26,27). The van der Waals surface area contributed by atoms with E-state index < -0.39 is 5.97 Å². The minimum absolute atomic E-state index is 0.0372. The molecule has 0 spiro atoms. The van der Waals surface area contributed by atoms with Crippen molar-refractivity contribution >= 4 is 5.97 Å². The van der Waals surface area contributed by atoms with E-state index in [-0.39, 0.29) is 6.42 Å². The zero-order valence-corrected chi connectivity index (χ0v) is 16.2. The largest absolute Gasteiger partial charge is 0.493 e. The summed E-state index contributed by atoms with van der Waals surface area (Å²) in [5.41, 5.74) is 2.95. The summed E-state index contributed by atoms with van der Waals surface area (Å²) in [6, 6.07) is 13.1. The summed E-state index contributed by atoms with van der Waals surface area (Å²) in [5, 5.41) is 13.7. The van der Waals surface area contributed by atoms with E-state index >= 15 is 0 Å². The lowest BCUT2D eigenvalue weighted by atomic mass is 10.0. The number of hydrogen-bond acceptors (Lipinski definition) is 4. The van der Waals surface area contributed by atoms with Gasteiger partial charge in [-0.1, -0.05) is 38.1 Å². The molecule has 3 aromatic rings. The number of nitrogens with zero attached hydrogens (tertiary/aromatic N) is 3. The Morgan fingerprint density at radius 3 is 2.64 bits per heavy atom. The molecular formula is C22H25N3O3. The minimum Gasteiger partial charge on any atom is -0.493 e. The third kappa shape index (κ3) is 4.97. The highest BCUT2D eigenvalue weighted by Gasteiger charge is 2.14. The van der Waals surface area contributed by atoms with E-state index in [2.05, 4.69) is 18.8 Å². The molecule has 0 bridgehead atoms. The predicted molar refractivity (Wildman–Crippen MR) is 107 cm³/mol. The van der Waals surface area contributed by atoms with E-state index in [1.807, 2.05) is 47.3 Å². The topological polar surface area (TPSA) is 77.2 Å².